The number of carbonyl (C=O) groups excluding carboxylic acids is 1. The third-order valence-electron chi connectivity index (χ3n) is 1.93. The number of ether oxygens (including phenoxy) is 2. The summed E-state index contributed by atoms with van der Waals surface area (Å²) in [4.78, 5) is 11.2. The molecule has 0 N–H and O–H groups in total. The van der Waals surface area contributed by atoms with Gasteiger partial charge >= 0.3 is 12.6 Å². The molecule has 0 aliphatic rings. The van der Waals surface area contributed by atoms with Crippen LogP contribution in [-0.2, 0) is 16.1 Å². The van der Waals surface area contributed by atoms with E-state index in [0.717, 1.165) is 5.56 Å². The Morgan fingerprint density at radius 3 is 2.62 bits per heavy atom. The third-order valence-corrected chi connectivity index (χ3v) is 1.93. The van der Waals surface area contributed by atoms with Gasteiger partial charge in [0.25, 0.3) is 0 Å². The van der Waals surface area contributed by atoms with Gasteiger partial charge in [-0.1, -0.05) is 6.07 Å². The lowest BCUT2D eigenvalue weighted by Crippen LogP contribution is -2.04. The number of methoxy groups -OCH3 is 1. The fourth-order valence-electron chi connectivity index (χ4n) is 1.34. The standard InChI is InChI=1S/C11H12F2O3/c1-7-3-8(6-16-11(12)13)5-9(4-7)10(14)15-2/h3-5,11H,6H2,1-2H3. The topological polar surface area (TPSA) is 35.5 Å². The van der Waals surface area contributed by atoms with Gasteiger partial charge in [0.05, 0.1) is 19.3 Å². The number of hydrogen-bond donors (Lipinski definition) is 0. The van der Waals surface area contributed by atoms with Crippen molar-refractivity contribution in [2.75, 3.05) is 7.11 Å². The first-order valence-corrected chi connectivity index (χ1v) is 4.61. The number of hydrogen-bond acceptors (Lipinski definition) is 3. The molecular formula is C11H12F2O3. The van der Waals surface area contributed by atoms with Crippen molar-refractivity contribution in [1.82, 2.24) is 0 Å². The summed E-state index contributed by atoms with van der Waals surface area (Å²) < 4.78 is 32.4. The molecule has 0 atom stereocenters. The summed E-state index contributed by atoms with van der Waals surface area (Å²) >= 11 is 0. The third kappa shape index (κ3) is 3.58. The van der Waals surface area contributed by atoms with E-state index in [9.17, 15) is 13.6 Å². The minimum atomic E-state index is -2.82. The van der Waals surface area contributed by atoms with Crippen LogP contribution in [-0.4, -0.2) is 19.7 Å². The van der Waals surface area contributed by atoms with E-state index in [2.05, 4.69) is 9.47 Å². The highest BCUT2D eigenvalue weighted by atomic mass is 19.3. The summed E-state index contributed by atoms with van der Waals surface area (Å²) in [7, 11) is 1.26. The van der Waals surface area contributed by atoms with Crippen LogP contribution in [0.5, 0.6) is 0 Å². The number of halogens is 2. The van der Waals surface area contributed by atoms with Gasteiger partial charge in [0, 0.05) is 0 Å². The Morgan fingerprint density at radius 1 is 1.38 bits per heavy atom. The largest absolute Gasteiger partial charge is 0.465 e. The van der Waals surface area contributed by atoms with Crippen molar-refractivity contribution in [2.24, 2.45) is 0 Å². The Morgan fingerprint density at radius 2 is 2.06 bits per heavy atom. The minimum Gasteiger partial charge on any atom is -0.465 e. The number of aryl methyl sites for hydroxylation is 1. The van der Waals surface area contributed by atoms with Crippen LogP contribution in [0.3, 0.4) is 0 Å². The molecule has 0 saturated heterocycles. The van der Waals surface area contributed by atoms with Crippen LogP contribution < -0.4 is 0 Å². The van der Waals surface area contributed by atoms with E-state index in [1.54, 1.807) is 19.1 Å². The molecule has 3 nitrogen and oxygen atoms in total. The average molecular weight is 230 g/mol. The maximum atomic E-state index is 11.8. The van der Waals surface area contributed by atoms with Crippen LogP contribution in [0.1, 0.15) is 21.5 Å². The van der Waals surface area contributed by atoms with E-state index in [1.807, 2.05) is 0 Å². The Balaban J connectivity index is 2.85. The highest BCUT2D eigenvalue weighted by Crippen LogP contribution is 2.13. The molecule has 0 radical (unpaired) electrons. The summed E-state index contributed by atoms with van der Waals surface area (Å²) in [6.07, 6.45) is 0. The number of esters is 1. The van der Waals surface area contributed by atoms with Crippen molar-refractivity contribution in [3.63, 3.8) is 0 Å². The molecule has 0 aliphatic heterocycles. The molecule has 0 amide bonds. The van der Waals surface area contributed by atoms with Crippen LogP contribution in [0.15, 0.2) is 18.2 Å². The molecule has 1 rings (SSSR count). The van der Waals surface area contributed by atoms with Gasteiger partial charge in [0.2, 0.25) is 0 Å². The van der Waals surface area contributed by atoms with Crippen molar-refractivity contribution in [3.05, 3.63) is 34.9 Å². The van der Waals surface area contributed by atoms with E-state index in [1.165, 1.54) is 13.2 Å². The Kier molecular flexibility index (Phi) is 4.37. The lowest BCUT2D eigenvalue weighted by atomic mass is 10.1. The zero-order valence-electron chi connectivity index (χ0n) is 9.00. The van der Waals surface area contributed by atoms with Crippen molar-refractivity contribution < 1.29 is 23.0 Å². The van der Waals surface area contributed by atoms with Crippen molar-refractivity contribution in [2.45, 2.75) is 20.1 Å². The highest BCUT2D eigenvalue weighted by Gasteiger charge is 2.09. The van der Waals surface area contributed by atoms with Crippen molar-refractivity contribution >= 4 is 5.97 Å². The maximum absolute atomic E-state index is 11.8. The molecule has 0 aliphatic carbocycles. The minimum absolute atomic E-state index is 0.233. The Hall–Kier alpha value is -1.49. The molecule has 0 heterocycles. The van der Waals surface area contributed by atoms with Crippen LogP contribution in [0.25, 0.3) is 0 Å². The summed E-state index contributed by atoms with van der Waals surface area (Å²) in [5.74, 6) is -0.498. The second-order valence-electron chi connectivity index (χ2n) is 3.27. The molecule has 1 aromatic rings. The van der Waals surface area contributed by atoms with Crippen LogP contribution in [0, 0.1) is 6.92 Å². The lowest BCUT2D eigenvalue weighted by molar-refractivity contribution is -0.137. The van der Waals surface area contributed by atoms with Gasteiger partial charge in [-0.05, 0) is 30.2 Å². The van der Waals surface area contributed by atoms with Gasteiger partial charge in [-0.3, -0.25) is 0 Å². The molecule has 16 heavy (non-hydrogen) atoms. The van der Waals surface area contributed by atoms with Gasteiger partial charge < -0.3 is 9.47 Å². The fourth-order valence-corrected chi connectivity index (χ4v) is 1.34. The smallest absolute Gasteiger partial charge is 0.345 e. The SMILES string of the molecule is COC(=O)c1cc(C)cc(COC(F)F)c1. The highest BCUT2D eigenvalue weighted by molar-refractivity contribution is 5.89. The van der Waals surface area contributed by atoms with Crippen LogP contribution >= 0.6 is 0 Å². The monoisotopic (exact) mass is 230 g/mol. The Labute approximate surface area is 92.0 Å². The first-order chi connectivity index (χ1) is 7.52. The number of rotatable bonds is 4. The molecular weight excluding hydrogens is 218 g/mol. The fraction of sp³-hybridized carbons (Fsp3) is 0.364. The second kappa shape index (κ2) is 5.55. The molecule has 0 aromatic heterocycles. The van der Waals surface area contributed by atoms with Gasteiger partial charge in [-0.15, -0.1) is 0 Å². The molecule has 0 spiro atoms. The van der Waals surface area contributed by atoms with Gasteiger partial charge in [0.15, 0.2) is 0 Å². The molecule has 0 unspecified atom stereocenters. The van der Waals surface area contributed by atoms with E-state index in [0.29, 0.717) is 11.1 Å². The summed E-state index contributed by atoms with van der Waals surface area (Å²) in [6, 6.07) is 4.77. The molecule has 88 valence electrons. The molecule has 5 heteroatoms. The predicted molar refractivity (Wildman–Crippen MR) is 53.3 cm³/mol. The first-order valence-electron chi connectivity index (χ1n) is 4.61. The average Bonchev–Trinajstić information content (AvgIpc) is 2.24. The number of benzene rings is 1. The van der Waals surface area contributed by atoms with E-state index in [-0.39, 0.29) is 6.61 Å². The zero-order valence-corrected chi connectivity index (χ0v) is 9.00. The van der Waals surface area contributed by atoms with Gasteiger partial charge in [-0.25, -0.2) is 4.79 Å². The van der Waals surface area contributed by atoms with E-state index in [4.69, 9.17) is 0 Å². The summed E-state index contributed by atoms with van der Waals surface area (Å²) in [5.41, 5.74) is 1.63. The molecule has 0 fully saturated rings. The van der Waals surface area contributed by atoms with Gasteiger partial charge in [-0.2, -0.15) is 8.78 Å². The molecule has 1 aromatic carbocycles. The summed E-state index contributed by atoms with van der Waals surface area (Å²) in [6.45, 7) is -1.29. The number of alkyl halides is 2. The lowest BCUT2D eigenvalue weighted by Gasteiger charge is -2.06. The second-order valence-corrected chi connectivity index (χ2v) is 3.27. The Bertz CT molecular complexity index is 377. The van der Waals surface area contributed by atoms with Gasteiger partial charge in [0.1, 0.15) is 0 Å². The molecule has 0 saturated carbocycles. The maximum Gasteiger partial charge on any atom is 0.345 e. The quantitative estimate of drug-likeness (QED) is 0.745. The van der Waals surface area contributed by atoms with E-state index >= 15 is 0 Å². The van der Waals surface area contributed by atoms with Crippen molar-refractivity contribution in [1.29, 1.82) is 0 Å². The van der Waals surface area contributed by atoms with Crippen molar-refractivity contribution in [3.8, 4) is 0 Å². The predicted octanol–water partition coefficient (Wildman–Crippen LogP) is 2.52. The van der Waals surface area contributed by atoms with Crippen LogP contribution in [0.2, 0.25) is 0 Å². The summed E-state index contributed by atoms with van der Waals surface area (Å²) in [5, 5.41) is 0. The van der Waals surface area contributed by atoms with E-state index < -0.39 is 12.6 Å². The molecule has 0 bridgehead atoms. The zero-order chi connectivity index (χ0) is 12.1. The number of carbonyl (C=O) groups is 1. The van der Waals surface area contributed by atoms with Crippen LogP contribution in [0.4, 0.5) is 8.78 Å². The normalized spacial score (nSPS) is 10.6. The first kappa shape index (κ1) is 12.6.